The van der Waals surface area contributed by atoms with Gasteiger partial charge >= 0.3 is 5.97 Å². The number of aromatic carboxylic acids is 1. The number of nitrogens with one attached hydrogen (secondary N) is 1. The third-order valence-electron chi connectivity index (χ3n) is 3.21. The number of aromatic nitrogens is 1. The van der Waals surface area contributed by atoms with Gasteiger partial charge in [0.1, 0.15) is 5.69 Å². The van der Waals surface area contributed by atoms with Crippen LogP contribution in [0.2, 0.25) is 0 Å². The molecule has 0 aromatic carbocycles. The van der Waals surface area contributed by atoms with Crippen LogP contribution in [0.4, 0.5) is 0 Å². The van der Waals surface area contributed by atoms with E-state index < -0.39 is 5.97 Å². The summed E-state index contributed by atoms with van der Waals surface area (Å²) in [4.78, 5) is 17.3. The molecule has 0 fully saturated rings. The van der Waals surface area contributed by atoms with Crippen LogP contribution in [-0.2, 0) is 6.54 Å². The van der Waals surface area contributed by atoms with Gasteiger partial charge in [0.25, 0.3) is 0 Å². The fourth-order valence-corrected chi connectivity index (χ4v) is 2.23. The lowest BCUT2D eigenvalue weighted by atomic mass is 10.2. The summed E-state index contributed by atoms with van der Waals surface area (Å²) in [6.07, 6.45) is 0. The van der Waals surface area contributed by atoms with E-state index in [2.05, 4.69) is 42.9 Å². The first-order valence-corrected chi connectivity index (χ1v) is 7.07. The van der Waals surface area contributed by atoms with E-state index in [1.807, 2.05) is 6.07 Å². The Morgan fingerprint density at radius 1 is 1.30 bits per heavy atom. The first-order chi connectivity index (χ1) is 9.41. The zero-order valence-corrected chi connectivity index (χ0v) is 12.8. The first-order valence-electron chi connectivity index (χ1n) is 7.07. The lowest BCUT2D eigenvalue weighted by Gasteiger charge is -2.30. The van der Waals surface area contributed by atoms with Gasteiger partial charge in [-0.25, -0.2) is 9.78 Å². The van der Waals surface area contributed by atoms with E-state index in [-0.39, 0.29) is 5.69 Å². The number of hydrogen-bond acceptors (Lipinski definition) is 4. The molecule has 0 saturated heterocycles. The maximum atomic E-state index is 10.8. The van der Waals surface area contributed by atoms with Crippen molar-refractivity contribution in [3.05, 3.63) is 29.6 Å². The van der Waals surface area contributed by atoms with Crippen molar-refractivity contribution in [1.82, 2.24) is 15.2 Å². The third kappa shape index (κ3) is 5.27. The van der Waals surface area contributed by atoms with E-state index in [1.54, 1.807) is 6.07 Å². The minimum Gasteiger partial charge on any atom is -0.477 e. The molecule has 1 heterocycles. The summed E-state index contributed by atoms with van der Waals surface area (Å²) >= 11 is 0. The van der Waals surface area contributed by atoms with Gasteiger partial charge in [-0.2, -0.15) is 0 Å². The highest BCUT2D eigenvalue weighted by Crippen LogP contribution is 2.04. The van der Waals surface area contributed by atoms with Crippen molar-refractivity contribution in [1.29, 1.82) is 0 Å². The second-order valence-electron chi connectivity index (χ2n) is 5.42. The second kappa shape index (κ2) is 7.97. The molecule has 1 aromatic heterocycles. The van der Waals surface area contributed by atoms with Crippen molar-refractivity contribution in [2.24, 2.45) is 0 Å². The molecule has 0 radical (unpaired) electrons. The molecule has 20 heavy (non-hydrogen) atoms. The third-order valence-corrected chi connectivity index (χ3v) is 3.21. The summed E-state index contributed by atoms with van der Waals surface area (Å²) in [5.74, 6) is -0.988. The maximum Gasteiger partial charge on any atom is 0.354 e. The van der Waals surface area contributed by atoms with Gasteiger partial charge in [-0.3, -0.25) is 4.90 Å². The highest BCUT2D eigenvalue weighted by atomic mass is 16.4. The number of nitrogens with zero attached hydrogens (tertiary/aromatic N) is 2. The van der Waals surface area contributed by atoms with Crippen molar-refractivity contribution >= 4 is 5.97 Å². The van der Waals surface area contributed by atoms with Gasteiger partial charge in [-0.1, -0.05) is 6.07 Å². The SMILES string of the molecule is CC(C)N(CCNCc1cccc(C(=O)O)n1)C(C)C. The number of pyridine rings is 1. The molecule has 0 unspecified atom stereocenters. The fraction of sp³-hybridized carbons (Fsp3) is 0.600. The summed E-state index contributed by atoms with van der Waals surface area (Å²) in [6.45, 7) is 11.2. The second-order valence-corrected chi connectivity index (χ2v) is 5.42. The van der Waals surface area contributed by atoms with Crippen molar-refractivity contribution < 1.29 is 9.90 Å². The van der Waals surface area contributed by atoms with Gasteiger partial charge in [0.15, 0.2) is 0 Å². The molecule has 0 saturated carbocycles. The zero-order chi connectivity index (χ0) is 15.1. The van der Waals surface area contributed by atoms with Gasteiger partial charge in [0.05, 0.1) is 5.69 Å². The minimum absolute atomic E-state index is 0.0929. The van der Waals surface area contributed by atoms with Crippen molar-refractivity contribution in [2.75, 3.05) is 13.1 Å². The predicted molar refractivity (Wildman–Crippen MR) is 79.9 cm³/mol. The maximum absolute atomic E-state index is 10.8. The monoisotopic (exact) mass is 279 g/mol. The number of hydrogen-bond donors (Lipinski definition) is 2. The van der Waals surface area contributed by atoms with Gasteiger partial charge in [0, 0.05) is 31.7 Å². The number of carbonyl (C=O) groups is 1. The summed E-state index contributed by atoms with van der Waals surface area (Å²) in [5.41, 5.74) is 0.848. The Kier molecular flexibility index (Phi) is 6.61. The Bertz CT molecular complexity index is 425. The number of rotatable bonds is 8. The summed E-state index contributed by atoms with van der Waals surface area (Å²) < 4.78 is 0. The summed E-state index contributed by atoms with van der Waals surface area (Å²) in [5, 5.41) is 12.2. The topological polar surface area (TPSA) is 65.5 Å². The summed E-state index contributed by atoms with van der Waals surface area (Å²) in [7, 11) is 0. The van der Waals surface area contributed by atoms with E-state index in [9.17, 15) is 4.79 Å². The van der Waals surface area contributed by atoms with E-state index in [0.717, 1.165) is 18.8 Å². The first kappa shape index (κ1) is 16.6. The minimum atomic E-state index is -0.988. The molecular weight excluding hydrogens is 254 g/mol. The van der Waals surface area contributed by atoms with Crippen molar-refractivity contribution in [2.45, 2.75) is 46.3 Å². The van der Waals surface area contributed by atoms with Crippen LogP contribution in [0.25, 0.3) is 0 Å². The van der Waals surface area contributed by atoms with Crippen LogP contribution in [0, 0.1) is 0 Å². The molecule has 0 aliphatic rings. The van der Waals surface area contributed by atoms with Crippen LogP contribution in [0.3, 0.4) is 0 Å². The lowest BCUT2D eigenvalue weighted by Crippen LogP contribution is -2.41. The number of carboxylic acid groups (broad SMARTS) is 1. The standard InChI is InChI=1S/C15H25N3O2/c1-11(2)18(12(3)4)9-8-16-10-13-6-5-7-14(17-13)15(19)20/h5-7,11-12,16H,8-10H2,1-4H3,(H,19,20). The Morgan fingerprint density at radius 3 is 2.50 bits per heavy atom. The van der Waals surface area contributed by atoms with Crippen LogP contribution in [-0.4, -0.2) is 46.1 Å². The highest BCUT2D eigenvalue weighted by molar-refractivity contribution is 5.85. The van der Waals surface area contributed by atoms with E-state index >= 15 is 0 Å². The van der Waals surface area contributed by atoms with Gasteiger partial charge in [0.2, 0.25) is 0 Å². The van der Waals surface area contributed by atoms with Gasteiger partial charge < -0.3 is 10.4 Å². The van der Waals surface area contributed by atoms with Crippen LogP contribution in [0.15, 0.2) is 18.2 Å². The Labute approximate surface area is 121 Å². The molecule has 0 spiro atoms. The molecule has 1 aromatic rings. The largest absolute Gasteiger partial charge is 0.477 e. The normalized spacial score (nSPS) is 11.6. The lowest BCUT2D eigenvalue weighted by molar-refractivity contribution is 0.0690. The molecule has 2 N–H and O–H groups in total. The van der Waals surface area contributed by atoms with Crippen LogP contribution in [0.1, 0.15) is 43.9 Å². The predicted octanol–water partition coefficient (Wildman–Crippen LogP) is 1.99. The Balaban J connectivity index is 2.41. The molecular formula is C15H25N3O2. The van der Waals surface area contributed by atoms with Gasteiger partial charge in [-0.15, -0.1) is 0 Å². The Morgan fingerprint density at radius 2 is 1.95 bits per heavy atom. The average molecular weight is 279 g/mol. The molecule has 0 aliphatic heterocycles. The molecule has 5 heteroatoms. The molecule has 0 aliphatic carbocycles. The summed E-state index contributed by atoms with van der Waals surface area (Å²) in [6, 6.07) is 6.10. The average Bonchev–Trinajstić information content (AvgIpc) is 2.37. The van der Waals surface area contributed by atoms with Crippen LogP contribution < -0.4 is 5.32 Å². The van der Waals surface area contributed by atoms with Gasteiger partial charge in [-0.05, 0) is 39.8 Å². The number of carboxylic acids is 1. The van der Waals surface area contributed by atoms with Crippen LogP contribution in [0.5, 0.6) is 0 Å². The molecule has 5 nitrogen and oxygen atoms in total. The van der Waals surface area contributed by atoms with E-state index in [0.29, 0.717) is 18.6 Å². The smallest absolute Gasteiger partial charge is 0.354 e. The van der Waals surface area contributed by atoms with Crippen molar-refractivity contribution in [3.8, 4) is 0 Å². The molecule has 1 rings (SSSR count). The van der Waals surface area contributed by atoms with E-state index in [4.69, 9.17) is 5.11 Å². The van der Waals surface area contributed by atoms with Crippen LogP contribution >= 0.6 is 0 Å². The Hall–Kier alpha value is -1.46. The van der Waals surface area contributed by atoms with E-state index in [1.165, 1.54) is 6.07 Å². The molecule has 0 atom stereocenters. The molecule has 0 bridgehead atoms. The molecule has 0 amide bonds. The zero-order valence-electron chi connectivity index (χ0n) is 12.8. The van der Waals surface area contributed by atoms with Crippen molar-refractivity contribution in [3.63, 3.8) is 0 Å². The highest BCUT2D eigenvalue weighted by Gasteiger charge is 2.12. The molecule has 112 valence electrons. The fourth-order valence-electron chi connectivity index (χ4n) is 2.23. The quantitative estimate of drug-likeness (QED) is 0.712.